The fourth-order valence-electron chi connectivity index (χ4n) is 3.93. The number of anilines is 1. The predicted octanol–water partition coefficient (Wildman–Crippen LogP) is 3.27. The van der Waals surface area contributed by atoms with Gasteiger partial charge in [-0.2, -0.15) is 9.40 Å². The second-order valence-electron chi connectivity index (χ2n) is 7.70. The van der Waals surface area contributed by atoms with E-state index in [1.54, 1.807) is 35.0 Å². The average Bonchev–Trinajstić information content (AvgIpc) is 3.39. The minimum absolute atomic E-state index is 0.0964. The Morgan fingerprint density at radius 3 is 2.55 bits per heavy atom. The first-order chi connectivity index (χ1) is 16.0. The zero-order valence-electron chi connectivity index (χ0n) is 17.6. The van der Waals surface area contributed by atoms with E-state index in [9.17, 15) is 13.2 Å². The molecule has 1 aliphatic rings. The Morgan fingerprint density at radius 2 is 1.73 bits per heavy atom. The van der Waals surface area contributed by atoms with Crippen LogP contribution in [0.25, 0.3) is 5.69 Å². The van der Waals surface area contributed by atoms with Crippen LogP contribution in [0, 0.1) is 0 Å². The Kier molecular flexibility index (Phi) is 5.49. The van der Waals surface area contributed by atoms with Gasteiger partial charge in [-0.3, -0.25) is 4.79 Å². The first-order valence-electron chi connectivity index (χ1n) is 10.4. The lowest BCUT2D eigenvalue weighted by Gasteiger charge is -2.28. The van der Waals surface area contributed by atoms with Crippen molar-refractivity contribution in [1.29, 1.82) is 0 Å². The third-order valence-electron chi connectivity index (χ3n) is 5.65. The van der Waals surface area contributed by atoms with Crippen LogP contribution in [0.1, 0.15) is 21.5 Å². The monoisotopic (exact) mass is 459 g/mol. The van der Waals surface area contributed by atoms with Gasteiger partial charge in [0.1, 0.15) is 12.7 Å². The summed E-state index contributed by atoms with van der Waals surface area (Å²) in [6.07, 6.45) is 3.61. The summed E-state index contributed by atoms with van der Waals surface area (Å²) in [6, 6.07) is 21.2. The van der Waals surface area contributed by atoms with Gasteiger partial charge in [0.05, 0.1) is 16.3 Å². The summed E-state index contributed by atoms with van der Waals surface area (Å²) in [5.74, 6) is -0.413. The van der Waals surface area contributed by atoms with Crippen molar-refractivity contribution in [2.45, 2.75) is 17.9 Å². The second-order valence-corrected chi connectivity index (χ2v) is 9.63. The van der Waals surface area contributed by atoms with Crippen molar-refractivity contribution >= 4 is 21.6 Å². The van der Waals surface area contributed by atoms with Gasteiger partial charge in [0.15, 0.2) is 0 Å². The molecule has 0 atom stereocenters. The van der Waals surface area contributed by atoms with Gasteiger partial charge in [0, 0.05) is 18.7 Å². The van der Waals surface area contributed by atoms with Crippen LogP contribution < -0.4 is 5.32 Å². The van der Waals surface area contributed by atoms with Crippen molar-refractivity contribution < 1.29 is 13.2 Å². The topological polar surface area (TPSA) is 97.2 Å². The highest BCUT2D eigenvalue weighted by atomic mass is 32.2. The van der Waals surface area contributed by atoms with E-state index < -0.39 is 15.9 Å². The summed E-state index contributed by atoms with van der Waals surface area (Å²) in [6.45, 7) is 0.723. The highest BCUT2D eigenvalue weighted by Gasteiger charge is 2.28. The van der Waals surface area contributed by atoms with E-state index in [2.05, 4.69) is 15.4 Å². The molecule has 3 aromatic carbocycles. The van der Waals surface area contributed by atoms with Gasteiger partial charge in [-0.05, 0) is 47.9 Å². The number of benzene rings is 3. The number of amides is 1. The Labute approximate surface area is 191 Å². The van der Waals surface area contributed by atoms with E-state index in [-0.39, 0.29) is 10.5 Å². The van der Waals surface area contributed by atoms with E-state index in [4.69, 9.17) is 0 Å². The highest BCUT2D eigenvalue weighted by Crippen LogP contribution is 2.26. The first-order valence-corrected chi connectivity index (χ1v) is 11.9. The summed E-state index contributed by atoms with van der Waals surface area (Å²) < 4.78 is 29.6. The van der Waals surface area contributed by atoms with Gasteiger partial charge < -0.3 is 5.32 Å². The highest BCUT2D eigenvalue weighted by molar-refractivity contribution is 7.89. The van der Waals surface area contributed by atoms with E-state index in [1.165, 1.54) is 34.7 Å². The standard InChI is InChI=1S/C24H21N5O3S/c30-24(27-22-10-3-4-11-23(22)29-17-25-16-26-29)19-8-5-9-21(14-19)33(31,32)28-13-12-18-6-1-2-7-20(18)15-28/h1-11,14,16-17H,12-13,15H2,(H,27,30). The Bertz CT molecular complexity index is 1420. The fourth-order valence-corrected chi connectivity index (χ4v) is 5.39. The zero-order chi connectivity index (χ0) is 22.8. The second kappa shape index (κ2) is 8.61. The number of sulfonamides is 1. The molecule has 5 rings (SSSR count). The van der Waals surface area contributed by atoms with Crippen LogP contribution in [0.3, 0.4) is 0 Å². The summed E-state index contributed by atoms with van der Waals surface area (Å²) in [5, 5.41) is 6.96. The molecule has 166 valence electrons. The molecule has 0 bridgehead atoms. The van der Waals surface area contributed by atoms with Gasteiger partial charge in [-0.15, -0.1) is 0 Å². The number of carbonyl (C=O) groups is 1. The number of nitrogens with one attached hydrogen (secondary N) is 1. The lowest BCUT2D eigenvalue weighted by Crippen LogP contribution is -2.36. The number of aromatic nitrogens is 3. The molecule has 33 heavy (non-hydrogen) atoms. The van der Waals surface area contributed by atoms with Crippen molar-refractivity contribution in [1.82, 2.24) is 19.1 Å². The summed E-state index contributed by atoms with van der Waals surface area (Å²) >= 11 is 0. The maximum absolute atomic E-state index is 13.3. The van der Waals surface area contributed by atoms with Gasteiger partial charge >= 0.3 is 0 Å². The molecule has 0 spiro atoms. The molecule has 2 heterocycles. The quantitative estimate of drug-likeness (QED) is 0.494. The van der Waals surface area contributed by atoms with E-state index in [1.807, 2.05) is 30.3 Å². The van der Waals surface area contributed by atoms with Crippen LogP contribution in [0.4, 0.5) is 5.69 Å². The molecule has 1 aliphatic heterocycles. The third-order valence-corrected chi connectivity index (χ3v) is 7.49. The molecule has 4 aromatic rings. The van der Waals surface area contributed by atoms with E-state index in [0.29, 0.717) is 30.9 Å². The largest absolute Gasteiger partial charge is 0.320 e. The molecule has 0 fully saturated rings. The molecule has 1 amide bonds. The summed E-state index contributed by atoms with van der Waals surface area (Å²) in [5.41, 5.74) is 3.61. The molecular weight excluding hydrogens is 438 g/mol. The van der Waals surface area contributed by atoms with Crippen LogP contribution in [-0.4, -0.2) is 39.9 Å². The van der Waals surface area contributed by atoms with Crippen LogP contribution in [0.15, 0.2) is 90.3 Å². The molecule has 9 heteroatoms. The van der Waals surface area contributed by atoms with Crippen molar-refractivity contribution in [3.63, 3.8) is 0 Å². The SMILES string of the molecule is O=C(Nc1ccccc1-n1cncn1)c1cccc(S(=O)(=O)N2CCc3ccccc3C2)c1. The number of nitrogens with zero attached hydrogens (tertiary/aromatic N) is 4. The minimum atomic E-state index is -3.75. The maximum Gasteiger partial charge on any atom is 0.255 e. The van der Waals surface area contributed by atoms with Gasteiger partial charge in [-0.25, -0.2) is 18.1 Å². The molecule has 0 saturated heterocycles. The summed E-state index contributed by atoms with van der Waals surface area (Å²) in [4.78, 5) is 17.0. The molecule has 1 N–H and O–H groups in total. The molecule has 0 aliphatic carbocycles. The molecule has 0 radical (unpaired) electrons. The number of hydrogen-bond donors (Lipinski definition) is 1. The first kappa shape index (κ1) is 21.0. The minimum Gasteiger partial charge on any atom is -0.320 e. The number of hydrogen-bond acceptors (Lipinski definition) is 5. The van der Waals surface area contributed by atoms with Crippen LogP contribution in [0.2, 0.25) is 0 Å². The Balaban J connectivity index is 1.39. The zero-order valence-corrected chi connectivity index (χ0v) is 18.4. The van der Waals surface area contributed by atoms with E-state index in [0.717, 1.165) is 5.56 Å². The van der Waals surface area contributed by atoms with Gasteiger partial charge in [0.25, 0.3) is 5.91 Å². The third kappa shape index (κ3) is 4.15. The normalized spacial score (nSPS) is 13.9. The van der Waals surface area contributed by atoms with Gasteiger partial charge in [0.2, 0.25) is 10.0 Å². The van der Waals surface area contributed by atoms with Crippen molar-refractivity contribution in [3.05, 3.63) is 102 Å². The molecular formula is C24H21N5O3S. The maximum atomic E-state index is 13.3. The summed E-state index contributed by atoms with van der Waals surface area (Å²) in [7, 11) is -3.75. The Hall–Kier alpha value is -3.82. The number of fused-ring (bicyclic) bond motifs is 1. The number of rotatable bonds is 5. The molecule has 0 saturated carbocycles. The lowest BCUT2D eigenvalue weighted by atomic mass is 10.0. The van der Waals surface area contributed by atoms with Crippen molar-refractivity contribution in [2.75, 3.05) is 11.9 Å². The molecule has 8 nitrogen and oxygen atoms in total. The van der Waals surface area contributed by atoms with Crippen LogP contribution >= 0.6 is 0 Å². The smallest absolute Gasteiger partial charge is 0.255 e. The van der Waals surface area contributed by atoms with E-state index >= 15 is 0 Å². The number of carbonyl (C=O) groups excluding carboxylic acids is 1. The average molecular weight is 460 g/mol. The van der Waals surface area contributed by atoms with Crippen molar-refractivity contribution in [3.8, 4) is 5.69 Å². The van der Waals surface area contributed by atoms with Gasteiger partial charge in [-0.1, -0.05) is 42.5 Å². The predicted molar refractivity (Wildman–Crippen MR) is 123 cm³/mol. The van der Waals surface area contributed by atoms with Crippen LogP contribution in [-0.2, 0) is 23.0 Å². The lowest BCUT2D eigenvalue weighted by molar-refractivity contribution is 0.102. The van der Waals surface area contributed by atoms with Crippen LogP contribution in [0.5, 0.6) is 0 Å². The molecule has 0 unspecified atom stereocenters. The number of para-hydroxylation sites is 2. The van der Waals surface area contributed by atoms with Crippen molar-refractivity contribution in [2.24, 2.45) is 0 Å². The Morgan fingerprint density at radius 1 is 0.939 bits per heavy atom. The molecule has 1 aromatic heterocycles. The fraction of sp³-hybridized carbons (Fsp3) is 0.125.